The monoisotopic (exact) mass is 364 g/mol. The predicted octanol–water partition coefficient (Wildman–Crippen LogP) is 2.30. The summed E-state index contributed by atoms with van der Waals surface area (Å²) < 4.78 is 7.04. The average molecular weight is 364 g/mol. The summed E-state index contributed by atoms with van der Waals surface area (Å²) in [6.45, 7) is 2.17. The van der Waals surface area contributed by atoms with E-state index in [-0.39, 0.29) is 11.9 Å². The zero-order valence-corrected chi connectivity index (χ0v) is 15.0. The van der Waals surface area contributed by atoms with Crippen molar-refractivity contribution >= 4 is 22.9 Å². The van der Waals surface area contributed by atoms with Gasteiger partial charge in [0.25, 0.3) is 5.91 Å². The second kappa shape index (κ2) is 7.19. The van der Waals surface area contributed by atoms with Gasteiger partial charge in [0.15, 0.2) is 11.8 Å². The number of nitrogens with zero attached hydrogens (tertiary/aromatic N) is 3. The lowest BCUT2D eigenvalue weighted by molar-refractivity contribution is -0.129. The Morgan fingerprint density at radius 3 is 2.78 bits per heavy atom. The van der Waals surface area contributed by atoms with Gasteiger partial charge in [0, 0.05) is 17.6 Å². The zero-order chi connectivity index (χ0) is 18.8. The van der Waals surface area contributed by atoms with Gasteiger partial charge in [-0.15, -0.1) is 0 Å². The Bertz CT molecular complexity index is 979. The SMILES string of the molecule is C[C@H](OC(=O)c1cnc2c(cnn2Cc2ccccc2)c1)C(=O)NC1CC1. The number of amides is 1. The minimum absolute atomic E-state index is 0.229. The summed E-state index contributed by atoms with van der Waals surface area (Å²) in [7, 11) is 0. The first-order chi connectivity index (χ1) is 13.1. The molecule has 3 aromatic rings. The molecule has 0 aliphatic heterocycles. The number of aromatic nitrogens is 3. The van der Waals surface area contributed by atoms with E-state index in [9.17, 15) is 9.59 Å². The van der Waals surface area contributed by atoms with Crippen molar-refractivity contribution in [2.45, 2.75) is 38.5 Å². The lowest BCUT2D eigenvalue weighted by Gasteiger charge is -2.13. The largest absolute Gasteiger partial charge is 0.449 e. The zero-order valence-electron chi connectivity index (χ0n) is 15.0. The Morgan fingerprint density at radius 1 is 1.26 bits per heavy atom. The Kier molecular flexibility index (Phi) is 4.58. The molecule has 7 heteroatoms. The van der Waals surface area contributed by atoms with Crippen LogP contribution < -0.4 is 5.32 Å². The van der Waals surface area contributed by atoms with Gasteiger partial charge >= 0.3 is 5.97 Å². The minimum Gasteiger partial charge on any atom is -0.449 e. The van der Waals surface area contributed by atoms with E-state index in [0.29, 0.717) is 17.8 Å². The normalized spacial score (nSPS) is 14.7. The third-order valence-electron chi connectivity index (χ3n) is 4.46. The lowest BCUT2D eigenvalue weighted by Crippen LogP contribution is -2.37. The van der Waals surface area contributed by atoms with Crippen molar-refractivity contribution in [1.82, 2.24) is 20.1 Å². The van der Waals surface area contributed by atoms with E-state index in [1.165, 1.54) is 6.20 Å². The molecular formula is C20H20N4O3. The Labute approximate surface area is 156 Å². The van der Waals surface area contributed by atoms with Crippen LogP contribution in [-0.4, -0.2) is 38.8 Å². The van der Waals surface area contributed by atoms with Crippen LogP contribution in [0.1, 0.15) is 35.7 Å². The fraction of sp³-hybridized carbons (Fsp3) is 0.300. The highest BCUT2D eigenvalue weighted by molar-refractivity contribution is 5.94. The molecule has 0 spiro atoms. The molecule has 0 saturated heterocycles. The topological polar surface area (TPSA) is 86.1 Å². The second-order valence-corrected chi connectivity index (χ2v) is 6.76. The first kappa shape index (κ1) is 17.2. The van der Waals surface area contributed by atoms with Crippen molar-refractivity contribution in [3.05, 3.63) is 59.9 Å². The van der Waals surface area contributed by atoms with Crippen LogP contribution in [0.25, 0.3) is 11.0 Å². The first-order valence-corrected chi connectivity index (χ1v) is 8.97. The highest BCUT2D eigenvalue weighted by Crippen LogP contribution is 2.19. The van der Waals surface area contributed by atoms with Crippen LogP contribution >= 0.6 is 0 Å². The molecule has 1 saturated carbocycles. The molecular weight excluding hydrogens is 344 g/mol. The maximum atomic E-state index is 12.3. The van der Waals surface area contributed by atoms with Gasteiger partial charge in [-0.1, -0.05) is 30.3 Å². The molecule has 0 bridgehead atoms. The van der Waals surface area contributed by atoms with E-state index >= 15 is 0 Å². The Hall–Kier alpha value is -3.22. The van der Waals surface area contributed by atoms with Crippen LogP contribution in [0.5, 0.6) is 0 Å². The predicted molar refractivity (Wildman–Crippen MR) is 99.1 cm³/mol. The molecule has 0 unspecified atom stereocenters. The summed E-state index contributed by atoms with van der Waals surface area (Å²) in [5.74, 6) is -0.839. The standard InChI is InChI=1S/C20H20N4O3/c1-13(19(25)23-17-7-8-17)27-20(26)16-9-15-11-22-24(18(15)21-10-16)12-14-5-3-2-4-6-14/h2-6,9-11,13,17H,7-8,12H2,1H3,(H,23,25)/t13-/m0/s1. The summed E-state index contributed by atoms with van der Waals surface area (Å²) in [5.41, 5.74) is 2.10. The van der Waals surface area contributed by atoms with Crippen LogP contribution in [0, 0.1) is 0 Å². The number of ether oxygens (including phenoxy) is 1. The van der Waals surface area contributed by atoms with Gasteiger partial charge in [0.1, 0.15) is 0 Å². The maximum Gasteiger partial charge on any atom is 0.340 e. The third kappa shape index (κ3) is 3.97. The molecule has 27 heavy (non-hydrogen) atoms. The Morgan fingerprint density at radius 2 is 2.04 bits per heavy atom. The van der Waals surface area contributed by atoms with Crippen LogP contribution in [0.3, 0.4) is 0 Å². The number of carbonyl (C=O) groups is 2. The van der Waals surface area contributed by atoms with Crippen LogP contribution in [0.4, 0.5) is 0 Å². The van der Waals surface area contributed by atoms with Gasteiger partial charge in [0.05, 0.1) is 18.3 Å². The van der Waals surface area contributed by atoms with E-state index in [2.05, 4.69) is 15.4 Å². The van der Waals surface area contributed by atoms with Crippen molar-refractivity contribution in [3.63, 3.8) is 0 Å². The molecule has 1 atom stereocenters. The van der Waals surface area contributed by atoms with Gasteiger partial charge in [-0.25, -0.2) is 14.5 Å². The van der Waals surface area contributed by atoms with Crippen molar-refractivity contribution in [3.8, 4) is 0 Å². The Balaban J connectivity index is 1.46. The number of nitrogens with one attached hydrogen (secondary N) is 1. The van der Waals surface area contributed by atoms with Crippen molar-refractivity contribution < 1.29 is 14.3 Å². The number of hydrogen-bond acceptors (Lipinski definition) is 5. The molecule has 7 nitrogen and oxygen atoms in total. The van der Waals surface area contributed by atoms with Crippen LogP contribution in [0.2, 0.25) is 0 Å². The number of benzene rings is 1. The van der Waals surface area contributed by atoms with Gasteiger partial charge in [-0.05, 0) is 31.4 Å². The quantitative estimate of drug-likeness (QED) is 0.678. The van der Waals surface area contributed by atoms with E-state index in [1.807, 2.05) is 30.3 Å². The van der Waals surface area contributed by atoms with Crippen molar-refractivity contribution in [2.75, 3.05) is 0 Å². The molecule has 1 aliphatic rings. The molecule has 1 N–H and O–H groups in total. The molecule has 2 aromatic heterocycles. The smallest absolute Gasteiger partial charge is 0.340 e. The summed E-state index contributed by atoms with van der Waals surface area (Å²) in [6, 6.07) is 11.9. The van der Waals surface area contributed by atoms with E-state index in [1.54, 1.807) is 23.9 Å². The maximum absolute atomic E-state index is 12.3. The van der Waals surface area contributed by atoms with Crippen molar-refractivity contribution in [1.29, 1.82) is 0 Å². The van der Waals surface area contributed by atoms with Gasteiger partial charge in [-0.3, -0.25) is 4.79 Å². The fourth-order valence-electron chi connectivity index (χ4n) is 2.78. The molecule has 4 rings (SSSR count). The number of fused-ring (bicyclic) bond motifs is 1. The van der Waals surface area contributed by atoms with Gasteiger partial charge in [0.2, 0.25) is 0 Å². The number of rotatable bonds is 6. The molecule has 1 fully saturated rings. The highest BCUT2D eigenvalue weighted by atomic mass is 16.5. The number of esters is 1. The van der Waals surface area contributed by atoms with Crippen LogP contribution in [-0.2, 0) is 16.1 Å². The molecule has 138 valence electrons. The second-order valence-electron chi connectivity index (χ2n) is 6.76. The summed E-state index contributed by atoms with van der Waals surface area (Å²) in [6.07, 6.45) is 4.26. The van der Waals surface area contributed by atoms with Gasteiger partial charge < -0.3 is 10.1 Å². The summed E-state index contributed by atoms with van der Waals surface area (Å²) >= 11 is 0. The van der Waals surface area contributed by atoms with E-state index in [4.69, 9.17) is 4.74 Å². The van der Waals surface area contributed by atoms with E-state index < -0.39 is 12.1 Å². The fourth-order valence-corrected chi connectivity index (χ4v) is 2.78. The van der Waals surface area contributed by atoms with E-state index in [0.717, 1.165) is 23.8 Å². The van der Waals surface area contributed by atoms with Gasteiger partial charge in [-0.2, -0.15) is 5.10 Å². The first-order valence-electron chi connectivity index (χ1n) is 8.97. The minimum atomic E-state index is -0.838. The van der Waals surface area contributed by atoms with Crippen LogP contribution in [0.15, 0.2) is 48.8 Å². The highest BCUT2D eigenvalue weighted by Gasteiger charge is 2.27. The number of pyridine rings is 1. The molecule has 2 heterocycles. The molecule has 0 radical (unpaired) electrons. The third-order valence-corrected chi connectivity index (χ3v) is 4.46. The summed E-state index contributed by atoms with van der Waals surface area (Å²) in [5, 5.41) is 7.93. The lowest BCUT2D eigenvalue weighted by atomic mass is 10.2. The van der Waals surface area contributed by atoms with Crippen molar-refractivity contribution in [2.24, 2.45) is 0 Å². The number of carbonyl (C=O) groups excluding carboxylic acids is 2. The molecule has 1 aliphatic carbocycles. The summed E-state index contributed by atoms with van der Waals surface area (Å²) in [4.78, 5) is 28.6. The average Bonchev–Trinajstić information content (AvgIpc) is 3.41. The molecule has 1 amide bonds. The number of hydrogen-bond donors (Lipinski definition) is 1. The molecule has 1 aromatic carbocycles.